The van der Waals surface area contributed by atoms with Gasteiger partial charge in [0.1, 0.15) is 11.5 Å². The third-order valence-electron chi connectivity index (χ3n) is 3.09. The zero-order valence-corrected chi connectivity index (χ0v) is 11.5. The van der Waals surface area contributed by atoms with Gasteiger partial charge in [-0.05, 0) is 29.7 Å². The molecule has 0 saturated carbocycles. The molecule has 1 N–H and O–H groups in total. The van der Waals surface area contributed by atoms with E-state index in [-0.39, 0.29) is 5.69 Å². The molecule has 0 aliphatic rings. The maximum atomic E-state index is 13.8. The number of methoxy groups -OCH3 is 1. The first-order chi connectivity index (χ1) is 9.61. The SMILES string of the molecule is COCc1ccc(CNc2c(F)ccc(C)c2F)cc1. The van der Waals surface area contributed by atoms with Gasteiger partial charge in [0.15, 0.2) is 5.82 Å². The Morgan fingerprint density at radius 3 is 2.30 bits per heavy atom. The van der Waals surface area contributed by atoms with E-state index < -0.39 is 11.6 Å². The van der Waals surface area contributed by atoms with E-state index >= 15 is 0 Å². The zero-order chi connectivity index (χ0) is 14.5. The first kappa shape index (κ1) is 14.5. The monoisotopic (exact) mass is 277 g/mol. The Morgan fingerprint density at radius 1 is 1.00 bits per heavy atom. The molecule has 0 heterocycles. The predicted molar refractivity (Wildman–Crippen MR) is 75.6 cm³/mol. The lowest BCUT2D eigenvalue weighted by molar-refractivity contribution is 0.185. The minimum atomic E-state index is -0.580. The summed E-state index contributed by atoms with van der Waals surface area (Å²) in [7, 11) is 1.64. The van der Waals surface area contributed by atoms with Crippen molar-refractivity contribution in [2.75, 3.05) is 12.4 Å². The van der Waals surface area contributed by atoms with Crippen LogP contribution in [0, 0.1) is 18.6 Å². The van der Waals surface area contributed by atoms with Gasteiger partial charge < -0.3 is 10.1 Å². The summed E-state index contributed by atoms with van der Waals surface area (Å²) in [4.78, 5) is 0. The predicted octanol–water partition coefficient (Wildman–Crippen LogP) is 4.03. The van der Waals surface area contributed by atoms with Gasteiger partial charge in [-0.15, -0.1) is 0 Å². The van der Waals surface area contributed by atoms with Crippen LogP contribution in [-0.4, -0.2) is 7.11 Å². The first-order valence-electron chi connectivity index (χ1n) is 6.37. The molecule has 2 aromatic rings. The van der Waals surface area contributed by atoms with E-state index in [1.807, 2.05) is 24.3 Å². The Hall–Kier alpha value is -1.94. The van der Waals surface area contributed by atoms with Gasteiger partial charge in [-0.25, -0.2) is 8.78 Å². The highest BCUT2D eigenvalue weighted by Crippen LogP contribution is 2.22. The third kappa shape index (κ3) is 3.33. The minimum absolute atomic E-state index is 0.0778. The van der Waals surface area contributed by atoms with Crippen LogP contribution in [0.2, 0.25) is 0 Å². The molecule has 4 heteroatoms. The summed E-state index contributed by atoms with van der Waals surface area (Å²) < 4.78 is 32.4. The normalized spacial score (nSPS) is 10.6. The second-order valence-electron chi connectivity index (χ2n) is 4.66. The van der Waals surface area contributed by atoms with Crippen molar-refractivity contribution in [2.45, 2.75) is 20.1 Å². The van der Waals surface area contributed by atoms with Gasteiger partial charge in [0.2, 0.25) is 0 Å². The molecule has 2 nitrogen and oxygen atoms in total. The first-order valence-corrected chi connectivity index (χ1v) is 6.37. The van der Waals surface area contributed by atoms with Crippen LogP contribution in [0.5, 0.6) is 0 Å². The number of benzene rings is 2. The molecule has 0 spiro atoms. The molecule has 0 unspecified atom stereocenters. The topological polar surface area (TPSA) is 21.3 Å². The summed E-state index contributed by atoms with van der Waals surface area (Å²) >= 11 is 0. The maximum Gasteiger partial charge on any atom is 0.152 e. The smallest absolute Gasteiger partial charge is 0.152 e. The second-order valence-corrected chi connectivity index (χ2v) is 4.66. The van der Waals surface area contributed by atoms with E-state index in [0.717, 1.165) is 11.1 Å². The van der Waals surface area contributed by atoms with E-state index in [9.17, 15) is 8.78 Å². The molecule has 2 aromatic carbocycles. The van der Waals surface area contributed by atoms with E-state index in [4.69, 9.17) is 4.74 Å². The van der Waals surface area contributed by atoms with Crippen LogP contribution in [0.1, 0.15) is 16.7 Å². The van der Waals surface area contributed by atoms with Gasteiger partial charge in [-0.3, -0.25) is 0 Å². The number of halogens is 2. The lowest BCUT2D eigenvalue weighted by Gasteiger charge is -2.11. The molecule has 0 aliphatic carbocycles. The second kappa shape index (κ2) is 6.48. The molecule has 0 amide bonds. The standard InChI is InChI=1S/C16H17F2NO/c1-11-3-8-14(17)16(15(11)18)19-9-12-4-6-13(7-5-12)10-20-2/h3-8,19H,9-10H2,1-2H3. The molecular formula is C16H17F2NO. The van der Waals surface area contributed by atoms with Crippen molar-refractivity contribution in [3.63, 3.8) is 0 Å². The van der Waals surface area contributed by atoms with Gasteiger partial charge in [0, 0.05) is 13.7 Å². The van der Waals surface area contributed by atoms with Gasteiger partial charge in [0.05, 0.1) is 6.61 Å². The highest BCUT2D eigenvalue weighted by molar-refractivity contribution is 5.49. The third-order valence-corrected chi connectivity index (χ3v) is 3.09. The Bertz CT molecular complexity index is 582. The Balaban J connectivity index is 2.07. The van der Waals surface area contributed by atoms with Crippen LogP contribution in [-0.2, 0) is 17.9 Å². The highest BCUT2D eigenvalue weighted by Gasteiger charge is 2.10. The number of hydrogen-bond donors (Lipinski definition) is 1. The summed E-state index contributed by atoms with van der Waals surface area (Å²) in [6, 6.07) is 10.4. The van der Waals surface area contributed by atoms with Crippen LogP contribution in [0.25, 0.3) is 0 Å². The number of aryl methyl sites for hydroxylation is 1. The van der Waals surface area contributed by atoms with Crippen LogP contribution in [0.3, 0.4) is 0 Å². The van der Waals surface area contributed by atoms with Gasteiger partial charge in [-0.2, -0.15) is 0 Å². The maximum absolute atomic E-state index is 13.8. The fraction of sp³-hybridized carbons (Fsp3) is 0.250. The van der Waals surface area contributed by atoms with E-state index in [1.54, 1.807) is 14.0 Å². The van der Waals surface area contributed by atoms with Crippen molar-refractivity contribution in [1.29, 1.82) is 0 Å². The molecule has 0 bridgehead atoms. The molecule has 2 rings (SSSR count). The van der Waals surface area contributed by atoms with Crippen LogP contribution < -0.4 is 5.32 Å². The molecule has 0 saturated heterocycles. The molecule has 0 atom stereocenters. The van der Waals surface area contributed by atoms with E-state index in [0.29, 0.717) is 18.7 Å². The summed E-state index contributed by atoms with van der Waals surface area (Å²) in [6.45, 7) is 2.53. The van der Waals surface area contributed by atoms with Crippen molar-refractivity contribution in [3.8, 4) is 0 Å². The van der Waals surface area contributed by atoms with Crippen LogP contribution in [0.15, 0.2) is 36.4 Å². The van der Waals surface area contributed by atoms with Crippen molar-refractivity contribution in [3.05, 3.63) is 64.7 Å². The Morgan fingerprint density at radius 2 is 1.65 bits per heavy atom. The minimum Gasteiger partial charge on any atom is -0.380 e. The Kier molecular flexibility index (Phi) is 4.69. The summed E-state index contributed by atoms with van der Waals surface area (Å²) in [5, 5.41) is 2.81. The molecule has 106 valence electrons. The van der Waals surface area contributed by atoms with Gasteiger partial charge >= 0.3 is 0 Å². The van der Waals surface area contributed by atoms with Crippen molar-refractivity contribution < 1.29 is 13.5 Å². The quantitative estimate of drug-likeness (QED) is 0.891. The van der Waals surface area contributed by atoms with Crippen LogP contribution in [0.4, 0.5) is 14.5 Å². The molecule has 0 radical (unpaired) electrons. The molecule has 0 aliphatic heterocycles. The number of nitrogens with one attached hydrogen (secondary N) is 1. The highest BCUT2D eigenvalue weighted by atomic mass is 19.1. The molecule has 0 aromatic heterocycles. The van der Waals surface area contributed by atoms with Gasteiger partial charge in [0.25, 0.3) is 0 Å². The van der Waals surface area contributed by atoms with Crippen molar-refractivity contribution in [2.24, 2.45) is 0 Å². The summed E-state index contributed by atoms with van der Waals surface area (Å²) in [5.41, 5.74) is 2.35. The fourth-order valence-corrected chi connectivity index (χ4v) is 1.93. The van der Waals surface area contributed by atoms with Crippen LogP contribution >= 0.6 is 0 Å². The van der Waals surface area contributed by atoms with Gasteiger partial charge in [-0.1, -0.05) is 30.3 Å². The zero-order valence-electron chi connectivity index (χ0n) is 11.5. The van der Waals surface area contributed by atoms with Crippen molar-refractivity contribution in [1.82, 2.24) is 0 Å². The number of hydrogen-bond acceptors (Lipinski definition) is 2. The van der Waals surface area contributed by atoms with E-state index in [2.05, 4.69) is 5.32 Å². The lowest BCUT2D eigenvalue weighted by atomic mass is 10.1. The Labute approximate surface area is 117 Å². The van der Waals surface area contributed by atoms with E-state index in [1.165, 1.54) is 12.1 Å². The summed E-state index contributed by atoms with van der Waals surface area (Å²) in [6.07, 6.45) is 0. The fourth-order valence-electron chi connectivity index (χ4n) is 1.93. The molecule has 0 fully saturated rings. The summed E-state index contributed by atoms with van der Waals surface area (Å²) in [5.74, 6) is -1.12. The number of anilines is 1. The lowest BCUT2D eigenvalue weighted by Crippen LogP contribution is -2.05. The average molecular weight is 277 g/mol. The molecule has 20 heavy (non-hydrogen) atoms. The number of rotatable bonds is 5. The van der Waals surface area contributed by atoms with Crippen molar-refractivity contribution >= 4 is 5.69 Å². The average Bonchev–Trinajstić information content (AvgIpc) is 2.45. The largest absolute Gasteiger partial charge is 0.380 e. The number of ether oxygens (including phenoxy) is 1. The molecular weight excluding hydrogens is 260 g/mol.